The number of benzene rings is 1. The first-order chi connectivity index (χ1) is 12.4. The second kappa shape index (κ2) is 5.90. The summed E-state index contributed by atoms with van der Waals surface area (Å²) in [5, 5.41) is 12.2. The molecule has 4 rings (SSSR count). The standard InChI is InChI=1S/C22H27N3O/c1-5-14-8-7-9-15(10-14)22(6-2)16-13-23-25-20(16)24-17-11-21(3,4)12-18(26)19(17)22/h7-10,24H,5-6,11-13H2,1-4H3. The van der Waals surface area contributed by atoms with Crippen LogP contribution in [0.15, 0.2) is 57.2 Å². The topological polar surface area (TPSA) is 53.8 Å². The highest BCUT2D eigenvalue weighted by Gasteiger charge is 2.51. The predicted molar refractivity (Wildman–Crippen MR) is 103 cm³/mol. The second-order valence-corrected chi connectivity index (χ2v) is 8.46. The molecule has 1 aliphatic carbocycles. The number of nitrogens with one attached hydrogen (secondary N) is 1. The summed E-state index contributed by atoms with van der Waals surface area (Å²) >= 11 is 0. The average molecular weight is 349 g/mol. The van der Waals surface area contributed by atoms with Gasteiger partial charge in [-0.3, -0.25) is 4.79 Å². The molecule has 0 bridgehead atoms. The van der Waals surface area contributed by atoms with E-state index < -0.39 is 5.41 Å². The summed E-state index contributed by atoms with van der Waals surface area (Å²) in [6.07, 6.45) is 3.30. The Morgan fingerprint density at radius 1 is 1.19 bits per heavy atom. The molecule has 0 amide bonds. The maximum atomic E-state index is 13.4. The van der Waals surface area contributed by atoms with Crippen LogP contribution in [0.1, 0.15) is 58.1 Å². The van der Waals surface area contributed by atoms with E-state index in [9.17, 15) is 4.79 Å². The normalized spacial score (nSPS) is 26.7. The molecule has 26 heavy (non-hydrogen) atoms. The SMILES string of the molecule is CCc1cccc(C2(CC)C3=C(N=NC3)NC3=C2C(=O)CC(C)(C)C3)c1. The van der Waals surface area contributed by atoms with Crippen molar-refractivity contribution >= 4 is 5.78 Å². The molecule has 0 fully saturated rings. The van der Waals surface area contributed by atoms with E-state index in [4.69, 9.17) is 0 Å². The van der Waals surface area contributed by atoms with Gasteiger partial charge < -0.3 is 5.32 Å². The number of hydrogen-bond acceptors (Lipinski definition) is 4. The van der Waals surface area contributed by atoms with E-state index in [2.05, 4.69) is 67.5 Å². The Morgan fingerprint density at radius 2 is 2.00 bits per heavy atom. The monoisotopic (exact) mass is 349 g/mol. The molecule has 0 radical (unpaired) electrons. The number of dihydropyridines is 1. The third-order valence-corrected chi connectivity index (χ3v) is 6.13. The Bertz CT molecular complexity index is 875. The van der Waals surface area contributed by atoms with Crippen LogP contribution in [0.25, 0.3) is 0 Å². The zero-order chi connectivity index (χ0) is 18.5. The highest BCUT2D eigenvalue weighted by atomic mass is 16.1. The number of rotatable bonds is 3. The van der Waals surface area contributed by atoms with Crippen molar-refractivity contribution in [3.05, 3.63) is 58.1 Å². The van der Waals surface area contributed by atoms with Crippen LogP contribution in [0.2, 0.25) is 0 Å². The number of carbonyl (C=O) groups excluding carboxylic acids is 1. The molecule has 3 aliphatic rings. The summed E-state index contributed by atoms with van der Waals surface area (Å²) in [6, 6.07) is 8.73. The van der Waals surface area contributed by atoms with E-state index >= 15 is 0 Å². The van der Waals surface area contributed by atoms with Gasteiger partial charge in [-0.05, 0) is 35.8 Å². The van der Waals surface area contributed by atoms with Crippen LogP contribution in [-0.2, 0) is 16.6 Å². The van der Waals surface area contributed by atoms with Crippen molar-refractivity contribution in [1.82, 2.24) is 5.32 Å². The van der Waals surface area contributed by atoms with Gasteiger partial charge in [-0.25, -0.2) is 0 Å². The van der Waals surface area contributed by atoms with Gasteiger partial charge in [0, 0.05) is 23.3 Å². The molecule has 0 saturated carbocycles. The predicted octanol–water partition coefficient (Wildman–Crippen LogP) is 4.82. The molecule has 0 spiro atoms. The quantitative estimate of drug-likeness (QED) is 0.850. The van der Waals surface area contributed by atoms with Gasteiger partial charge in [0.25, 0.3) is 0 Å². The van der Waals surface area contributed by atoms with Crippen LogP contribution < -0.4 is 5.32 Å². The highest BCUT2D eigenvalue weighted by molar-refractivity contribution is 6.01. The third kappa shape index (κ3) is 2.38. The van der Waals surface area contributed by atoms with Gasteiger partial charge in [0.15, 0.2) is 11.6 Å². The Kier molecular flexibility index (Phi) is 3.90. The minimum absolute atomic E-state index is 0.0263. The van der Waals surface area contributed by atoms with Crippen molar-refractivity contribution in [2.24, 2.45) is 15.6 Å². The fourth-order valence-electron chi connectivity index (χ4n) is 4.94. The Morgan fingerprint density at radius 3 is 2.73 bits per heavy atom. The van der Waals surface area contributed by atoms with Crippen LogP contribution >= 0.6 is 0 Å². The summed E-state index contributed by atoms with van der Waals surface area (Å²) < 4.78 is 0. The van der Waals surface area contributed by atoms with Gasteiger partial charge >= 0.3 is 0 Å². The van der Waals surface area contributed by atoms with Gasteiger partial charge in [0.2, 0.25) is 0 Å². The Hall–Kier alpha value is -2.23. The Labute approximate surface area is 155 Å². The number of Topliss-reactive ketones (excluding diaryl/α,β-unsaturated/α-hetero) is 1. The molecule has 136 valence electrons. The first-order valence-corrected chi connectivity index (χ1v) is 9.65. The number of azo groups is 1. The molecule has 2 aliphatic heterocycles. The molecular formula is C22H27N3O. The molecular weight excluding hydrogens is 322 g/mol. The number of hydrogen-bond donors (Lipinski definition) is 1. The molecule has 1 unspecified atom stereocenters. The van der Waals surface area contributed by atoms with Crippen molar-refractivity contribution < 1.29 is 4.79 Å². The van der Waals surface area contributed by atoms with Crippen LogP contribution in [-0.4, -0.2) is 12.3 Å². The molecule has 1 aromatic rings. The van der Waals surface area contributed by atoms with Crippen molar-refractivity contribution in [1.29, 1.82) is 0 Å². The summed E-state index contributed by atoms with van der Waals surface area (Å²) in [5.41, 5.74) is 5.24. The number of allylic oxidation sites excluding steroid dienone is 2. The van der Waals surface area contributed by atoms with Crippen molar-refractivity contribution in [2.45, 2.75) is 58.8 Å². The third-order valence-electron chi connectivity index (χ3n) is 6.13. The fourth-order valence-corrected chi connectivity index (χ4v) is 4.94. The van der Waals surface area contributed by atoms with Crippen molar-refractivity contribution in [3.63, 3.8) is 0 Å². The lowest BCUT2D eigenvalue weighted by Gasteiger charge is -2.45. The number of aryl methyl sites for hydroxylation is 1. The maximum Gasteiger partial charge on any atom is 0.162 e. The first-order valence-electron chi connectivity index (χ1n) is 9.65. The number of ketones is 1. The molecule has 1 N–H and O–H groups in total. The van der Waals surface area contributed by atoms with Gasteiger partial charge in [-0.2, -0.15) is 5.11 Å². The van der Waals surface area contributed by atoms with E-state index in [1.165, 1.54) is 11.1 Å². The van der Waals surface area contributed by atoms with Crippen LogP contribution in [0, 0.1) is 5.41 Å². The molecule has 4 nitrogen and oxygen atoms in total. The molecule has 4 heteroatoms. The summed E-state index contributed by atoms with van der Waals surface area (Å²) in [5.74, 6) is 1.13. The smallest absolute Gasteiger partial charge is 0.162 e. The largest absolute Gasteiger partial charge is 0.342 e. The van der Waals surface area contributed by atoms with E-state index in [-0.39, 0.29) is 11.2 Å². The van der Waals surface area contributed by atoms with E-state index in [0.717, 1.165) is 41.9 Å². The van der Waals surface area contributed by atoms with Gasteiger partial charge in [0.1, 0.15) is 0 Å². The average Bonchev–Trinajstić information content (AvgIpc) is 3.07. The van der Waals surface area contributed by atoms with Crippen LogP contribution in [0.5, 0.6) is 0 Å². The maximum absolute atomic E-state index is 13.4. The van der Waals surface area contributed by atoms with Gasteiger partial charge in [-0.15, -0.1) is 5.11 Å². The van der Waals surface area contributed by atoms with Gasteiger partial charge in [0.05, 0.1) is 12.0 Å². The highest BCUT2D eigenvalue weighted by Crippen LogP contribution is 2.53. The first kappa shape index (κ1) is 17.2. The molecule has 2 heterocycles. The van der Waals surface area contributed by atoms with Crippen LogP contribution in [0.3, 0.4) is 0 Å². The zero-order valence-corrected chi connectivity index (χ0v) is 16.1. The van der Waals surface area contributed by atoms with Crippen molar-refractivity contribution in [2.75, 3.05) is 6.54 Å². The van der Waals surface area contributed by atoms with Gasteiger partial charge in [-0.1, -0.05) is 52.0 Å². The Balaban J connectivity index is 1.98. The summed E-state index contributed by atoms with van der Waals surface area (Å²) in [7, 11) is 0. The molecule has 1 atom stereocenters. The summed E-state index contributed by atoms with van der Waals surface area (Å²) in [6.45, 7) is 9.26. The molecule has 0 saturated heterocycles. The lowest BCUT2D eigenvalue weighted by atomic mass is 9.59. The summed E-state index contributed by atoms with van der Waals surface area (Å²) in [4.78, 5) is 13.4. The second-order valence-electron chi connectivity index (χ2n) is 8.46. The van der Waals surface area contributed by atoms with Crippen LogP contribution in [0.4, 0.5) is 0 Å². The fraction of sp³-hybridized carbons (Fsp3) is 0.500. The molecule has 1 aromatic carbocycles. The van der Waals surface area contributed by atoms with E-state index in [1.54, 1.807) is 0 Å². The molecule has 0 aromatic heterocycles. The van der Waals surface area contributed by atoms with Crippen molar-refractivity contribution in [3.8, 4) is 0 Å². The lowest BCUT2D eigenvalue weighted by molar-refractivity contribution is -0.118. The lowest BCUT2D eigenvalue weighted by Crippen LogP contribution is -2.46. The number of nitrogens with zero attached hydrogens (tertiary/aromatic N) is 2. The zero-order valence-electron chi connectivity index (χ0n) is 16.1. The minimum Gasteiger partial charge on any atom is -0.342 e. The minimum atomic E-state index is -0.405. The van der Waals surface area contributed by atoms with E-state index in [0.29, 0.717) is 13.0 Å². The van der Waals surface area contributed by atoms with E-state index in [1.807, 2.05) is 0 Å². The number of carbonyl (C=O) groups is 1.